The monoisotopic (exact) mass is 490 g/mol. The van der Waals surface area contributed by atoms with Crippen LogP contribution in [0.1, 0.15) is 39.2 Å². The first-order valence-corrected chi connectivity index (χ1v) is 10.6. The van der Waals surface area contributed by atoms with Crippen LogP contribution in [0, 0.1) is 6.92 Å². The molecule has 0 saturated carbocycles. The van der Waals surface area contributed by atoms with Gasteiger partial charge in [-0.1, -0.05) is 17.7 Å². The molecule has 0 unspecified atom stereocenters. The van der Waals surface area contributed by atoms with Crippen molar-refractivity contribution in [2.24, 2.45) is 4.99 Å². The number of nitrogens with zero attached hydrogens (tertiary/aromatic N) is 2. The maximum atomic E-state index is 4.75. The quantitative estimate of drug-likeness (QED) is 0.198. The largest absolute Gasteiger partial charge is 0.357 e. The molecule has 1 aliphatic rings. The number of hydrogen-bond acceptors (Lipinski definition) is 3. The van der Waals surface area contributed by atoms with Crippen LogP contribution in [0.3, 0.4) is 0 Å². The fraction of sp³-hybridized carbons (Fsp3) is 0.650. The molecule has 1 fully saturated rings. The molecule has 1 aromatic carbocycles. The van der Waals surface area contributed by atoms with E-state index in [1.54, 1.807) is 0 Å². The summed E-state index contributed by atoms with van der Waals surface area (Å²) in [5.41, 5.74) is 1.31. The first-order valence-electron chi connectivity index (χ1n) is 9.57. The van der Waals surface area contributed by atoms with Gasteiger partial charge in [0.2, 0.25) is 0 Å². The topological polar surface area (TPSA) is 39.7 Å². The molecule has 0 radical (unpaired) electrons. The Morgan fingerprint density at radius 2 is 1.88 bits per heavy atom. The molecule has 1 saturated heterocycles. The number of halogens is 1. The zero-order valence-corrected chi connectivity index (χ0v) is 19.8. The molecule has 6 heteroatoms. The second kappa shape index (κ2) is 12.8. The van der Waals surface area contributed by atoms with Crippen molar-refractivity contribution < 1.29 is 0 Å². The van der Waals surface area contributed by atoms with Crippen LogP contribution < -0.4 is 10.6 Å². The Morgan fingerprint density at radius 3 is 2.46 bits per heavy atom. The van der Waals surface area contributed by atoms with E-state index in [-0.39, 0.29) is 24.0 Å². The van der Waals surface area contributed by atoms with E-state index in [0.717, 1.165) is 24.8 Å². The molecular formula is C20H35IN4S. The van der Waals surface area contributed by atoms with Crippen LogP contribution in [-0.2, 0) is 0 Å². The van der Waals surface area contributed by atoms with E-state index in [1.807, 2.05) is 11.8 Å². The summed E-state index contributed by atoms with van der Waals surface area (Å²) in [5, 5.41) is 7.01. The minimum atomic E-state index is 0. The second-order valence-corrected chi connectivity index (χ2v) is 8.14. The van der Waals surface area contributed by atoms with Crippen molar-refractivity contribution in [2.75, 3.05) is 31.9 Å². The summed E-state index contributed by atoms with van der Waals surface area (Å²) in [6.45, 7) is 12.9. The maximum absolute atomic E-state index is 4.75. The highest BCUT2D eigenvalue weighted by Gasteiger charge is 2.21. The highest BCUT2D eigenvalue weighted by molar-refractivity contribution is 14.0. The number of nitrogens with one attached hydrogen (secondary N) is 2. The van der Waals surface area contributed by atoms with Gasteiger partial charge in [-0.15, -0.1) is 35.7 Å². The molecule has 0 amide bonds. The highest BCUT2D eigenvalue weighted by Crippen LogP contribution is 2.18. The maximum Gasteiger partial charge on any atom is 0.191 e. The molecule has 0 atom stereocenters. The Morgan fingerprint density at radius 1 is 1.23 bits per heavy atom. The van der Waals surface area contributed by atoms with Crippen molar-refractivity contribution in [3.63, 3.8) is 0 Å². The van der Waals surface area contributed by atoms with Gasteiger partial charge in [-0.25, -0.2) is 0 Å². The highest BCUT2D eigenvalue weighted by atomic mass is 127. The standard InChI is InChI=1S/C20H34N4S.HI/c1-5-21-20(23-18-10-13-24(14-11-18)16(2)3)22-12-15-25-19-8-6-17(4)7-9-19;/h6-9,16,18H,5,10-15H2,1-4H3,(H2,21,22,23);1H. The Labute approximate surface area is 181 Å². The number of thioether (sulfide) groups is 1. The lowest BCUT2D eigenvalue weighted by atomic mass is 10.0. The van der Waals surface area contributed by atoms with Gasteiger partial charge in [0, 0.05) is 42.4 Å². The van der Waals surface area contributed by atoms with Gasteiger partial charge < -0.3 is 15.5 Å². The van der Waals surface area contributed by atoms with Gasteiger partial charge >= 0.3 is 0 Å². The van der Waals surface area contributed by atoms with Gasteiger partial charge in [-0.3, -0.25) is 4.99 Å². The third-order valence-electron chi connectivity index (χ3n) is 4.60. The number of aryl methyl sites for hydroxylation is 1. The van der Waals surface area contributed by atoms with E-state index < -0.39 is 0 Å². The van der Waals surface area contributed by atoms with E-state index >= 15 is 0 Å². The third-order valence-corrected chi connectivity index (χ3v) is 5.59. The molecule has 1 aliphatic heterocycles. The van der Waals surface area contributed by atoms with E-state index in [2.05, 4.69) is 67.5 Å². The summed E-state index contributed by atoms with van der Waals surface area (Å²) in [7, 11) is 0. The first-order chi connectivity index (χ1) is 12.1. The van der Waals surface area contributed by atoms with Gasteiger partial charge in [-0.05, 0) is 52.7 Å². The van der Waals surface area contributed by atoms with Crippen molar-refractivity contribution in [2.45, 2.75) is 57.5 Å². The third kappa shape index (κ3) is 8.48. The molecule has 0 spiro atoms. The summed E-state index contributed by atoms with van der Waals surface area (Å²) in [6.07, 6.45) is 2.39. The van der Waals surface area contributed by atoms with Crippen molar-refractivity contribution in [1.82, 2.24) is 15.5 Å². The molecule has 2 rings (SSSR count). The molecular weight excluding hydrogens is 455 g/mol. The van der Waals surface area contributed by atoms with Gasteiger partial charge in [0.15, 0.2) is 5.96 Å². The van der Waals surface area contributed by atoms with Crippen molar-refractivity contribution in [1.29, 1.82) is 0 Å². The lowest BCUT2D eigenvalue weighted by Gasteiger charge is -2.35. The van der Waals surface area contributed by atoms with Crippen LogP contribution in [0.5, 0.6) is 0 Å². The van der Waals surface area contributed by atoms with E-state index in [1.165, 1.54) is 36.4 Å². The van der Waals surface area contributed by atoms with Gasteiger partial charge in [-0.2, -0.15) is 0 Å². The SMILES string of the molecule is CCNC(=NCCSc1ccc(C)cc1)NC1CCN(C(C)C)CC1.I. The van der Waals surface area contributed by atoms with Gasteiger partial charge in [0.1, 0.15) is 0 Å². The Kier molecular flexibility index (Phi) is 11.6. The van der Waals surface area contributed by atoms with E-state index in [4.69, 9.17) is 4.99 Å². The fourth-order valence-corrected chi connectivity index (χ4v) is 3.78. The van der Waals surface area contributed by atoms with E-state index in [9.17, 15) is 0 Å². The average molecular weight is 490 g/mol. The second-order valence-electron chi connectivity index (χ2n) is 6.97. The van der Waals surface area contributed by atoms with Crippen LogP contribution in [0.4, 0.5) is 0 Å². The van der Waals surface area contributed by atoms with Crippen LogP contribution >= 0.6 is 35.7 Å². The number of benzene rings is 1. The summed E-state index contributed by atoms with van der Waals surface area (Å²) < 4.78 is 0. The predicted octanol–water partition coefficient (Wildman–Crippen LogP) is 4.13. The number of guanidine groups is 1. The van der Waals surface area contributed by atoms with Crippen LogP contribution in [0.15, 0.2) is 34.2 Å². The Bertz CT molecular complexity index is 525. The van der Waals surface area contributed by atoms with Crippen LogP contribution in [0.25, 0.3) is 0 Å². The Balaban J connectivity index is 0.00000338. The fourth-order valence-electron chi connectivity index (χ4n) is 3.03. The average Bonchev–Trinajstić information content (AvgIpc) is 2.61. The minimum Gasteiger partial charge on any atom is -0.357 e. The zero-order chi connectivity index (χ0) is 18.1. The lowest BCUT2D eigenvalue weighted by molar-refractivity contribution is 0.167. The number of hydrogen-bond donors (Lipinski definition) is 2. The first kappa shape index (κ1) is 23.6. The Hall–Kier alpha value is -0.470. The van der Waals surface area contributed by atoms with Gasteiger partial charge in [0.25, 0.3) is 0 Å². The van der Waals surface area contributed by atoms with Crippen molar-refractivity contribution in [3.8, 4) is 0 Å². The predicted molar refractivity (Wildman–Crippen MR) is 126 cm³/mol. The number of rotatable bonds is 7. The lowest BCUT2D eigenvalue weighted by Crippen LogP contribution is -2.49. The molecule has 148 valence electrons. The van der Waals surface area contributed by atoms with Crippen LogP contribution in [-0.4, -0.2) is 54.9 Å². The molecule has 0 bridgehead atoms. The summed E-state index contributed by atoms with van der Waals surface area (Å²) >= 11 is 1.87. The molecule has 1 aromatic rings. The molecule has 2 N–H and O–H groups in total. The van der Waals surface area contributed by atoms with Crippen molar-refractivity contribution in [3.05, 3.63) is 29.8 Å². The number of likely N-dealkylation sites (tertiary alicyclic amines) is 1. The normalized spacial score (nSPS) is 16.4. The molecule has 1 heterocycles. The molecule has 26 heavy (non-hydrogen) atoms. The number of piperidine rings is 1. The minimum absolute atomic E-state index is 0. The molecule has 0 aliphatic carbocycles. The molecule has 4 nitrogen and oxygen atoms in total. The zero-order valence-electron chi connectivity index (χ0n) is 16.6. The summed E-state index contributed by atoms with van der Waals surface area (Å²) in [4.78, 5) is 8.63. The number of aliphatic imine (C=N–C) groups is 1. The summed E-state index contributed by atoms with van der Waals surface area (Å²) in [6, 6.07) is 9.91. The molecule has 0 aromatic heterocycles. The van der Waals surface area contributed by atoms with Gasteiger partial charge in [0.05, 0.1) is 6.54 Å². The van der Waals surface area contributed by atoms with E-state index in [0.29, 0.717) is 12.1 Å². The van der Waals surface area contributed by atoms with Crippen LogP contribution in [0.2, 0.25) is 0 Å². The summed E-state index contributed by atoms with van der Waals surface area (Å²) in [5.74, 6) is 1.97. The van der Waals surface area contributed by atoms with Crippen molar-refractivity contribution >= 4 is 41.7 Å². The smallest absolute Gasteiger partial charge is 0.191 e.